The van der Waals surface area contributed by atoms with Crippen LogP contribution in [0.1, 0.15) is 128 Å². The molecular weight excluding hydrogens is 603 g/mol. The first-order valence-corrected chi connectivity index (χ1v) is 19.0. The van der Waals surface area contributed by atoms with Crippen molar-refractivity contribution >= 4 is 17.1 Å². The van der Waals surface area contributed by atoms with E-state index >= 15 is 0 Å². The predicted molar refractivity (Wildman–Crippen MR) is 215 cm³/mol. The van der Waals surface area contributed by atoms with Crippen LogP contribution < -0.4 is 4.90 Å². The molecule has 0 bridgehead atoms. The molecule has 3 aliphatic rings. The van der Waals surface area contributed by atoms with Gasteiger partial charge in [-0.3, -0.25) is 0 Å². The summed E-state index contributed by atoms with van der Waals surface area (Å²) in [7, 11) is 0. The maximum absolute atomic E-state index is 2.56. The van der Waals surface area contributed by atoms with E-state index in [9.17, 15) is 0 Å². The minimum absolute atomic E-state index is 0.106. The normalized spacial score (nSPS) is 19.9. The minimum atomic E-state index is -0.106. The highest BCUT2D eigenvalue weighted by Crippen LogP contribution is 2.55. The SMILES string of the molecule is CC1(C)CCC(C)(C)c2cc(-c3cc4c(cc3N(c3ccccc3)c3ccc5c(c3)C(C)(C)CCC5(C)C)C(C)(C)c3ccccc3-4)ccc21. The van der Waals surface area contributed by atoms with E-state index in [1.54, 1.807) is 0 Å². The van der Waals surface area contributed by atoms with E-state index in [2.05, 4.69) is 177 Å². The number of fused-ring (bicyclic) bond motifs is 5. The summed E-state index contributed by atoms with van der Waals surface area (Å²) in [5.74, 6) is 0. The van der Waals surface area contributed by atoms with Crippen molar-refractivity contribution in [3.05, 3.63) is 137 Å². The van der Waals surface area contributed by atoms with Gasteiger partial charge in [-0.2, -0.15) is 0 Å². The molecule has 1 heteroatoms. The molecule has 0 N–H and O–H groups in total. The lowest BCUT2D eigenvalue weighted by molar-refractivity contribution is 0.332. The second-order valence-electron chi connectivity index (χ2n) is 18.8. The van der Waals surface area contributed by atoms with Crippen LogP contribution in [0.5, 0.6) is 0 Å². The Labute approximate surface area is 301 Å². The zero-order chi connectivity index (χ0) is 35.4. The second kappa shape index (κ2) is 10.9. The molecule has 3 aliphatic carbocycles. The Bertz CT molecular complexity index is 2140. The highest BCUT2D eigenvalue weighted by Gasteiger charge is 2.41. The summed E-state index contributed by atoms with van der Waals surface area (Å²) >= 11 is 0. The molecule has 0 unspecified atom stereocenters. The molecule has 256 valence electrons. The molecule has 0 fully saturated rings. The highest BCUT2D eigenvalue weighted by atomic mass is 15.1. The van der Waals surface area contributed by atoms with E-state index in [-0.39, 0.29) is 27.1 Å². The van der Waals surface area contributed by atoms with Gasteiger partial charge in [-0.15, -0.1) is 0 Å². The van der Waals surface area contributed by atoms with Crippen molar-refractivity contribution in [1.29, 1.82) is 0 Å². The lowest BCUT2D eigenvalue weighted by Gasteiger charge is -2.43. The number of anilines is 3. The van der Waals surface area contributed by atoms with Crippen LogP contribution in [0, 0.1) is 0 Å². The van der Waals surface area contributed by atoms with Gasteiger partial charge in [-0.25, -0.2) is 0 Å². The molecular formula is C49H55N. The van der Waals surface area contributed by atoms with Gasteiger partial charge >= 0.3 is 0 Å². The Hall–Kier alpha value is -4.10. The van der Waals surface area contributed by atoms with Crippen LogP contribution in [0.15, 0.2) is 103 Å². The zero-order valence-electron chi connectivity index (χ0n) is 32.1. The molecule has 0 saturated heterocycles. The van der Waals surface area contributed by atoms with Gasteiger partial charge in [0, 0.05) is 22.4 Å². The monoisotopic (exact) mass is 657 g/mol. The Morgan fingerprint density at radius 3 is 1.56 bits per heavy atom. The molecule has 8 rings (SSSR count). The van der Waals surface area contributed by atoms with Crippen LogP contribution in [-0.2, 0) is 27.1 Å². The van der Waals surface area contributed by atoms with Crippen molar-refractivity contribution in [2.45, 2.75) is 122 Å². The van der Waals surface area contributed by atoms with Gasteiger partial charge in [0.15, 0.2) is 0 Å². The predicted octanol–water partition coefficient (Wildman–Crippen LogP) is 13.8. The van der Waals surface area contributed by atoms with E-state index in [1.165, 1.54) is 98.4 Å². The fourth-order valence-corrected chi connectivity index (χ4v) is 9.63. The number of rotatable bonds is 4. The maximum atomic E-state index is 2.56. The molecule has 0 aromatic heterocycles. The Balaban J connectivity index is 1.44. The minimum Gasteiger partial charge on any atom is -0.310 e. The van der Waals surface area contributed by atoms with Gasteiger partial charge in [-0.05, 0) is 134 Å². The van der Waals surface area contributed by atoms with Crippen LogP contribution in [-0.4, -0.2) is 0 Å². The lowest BCUT2D eigenvalue weighted by atomic mass is 9.63. The summed E-state index contributed by atoms with van der Waals surface area (Å²) in [5, 5.41) is 0. The number of benzene rings is 5. The average Bonchev–Trinajstić information content (AvgIpc) is 3.31. The van der Waals surface area contributed by atoms with Gasteiger partial charge in [0.05, 0.1) is 5.69 Å². The average molecular weight is 658 g/mol. The number of hydrogen-bond acceptors (Lipinski definition) is 1. The largest absolute Gasteiger partial charge is 0.310 e. The first kappa shape index (κ1) is 33.1. The number of hydrogen-bond donors (Lipinski definition) is 0. The van der Waals surface area contributed by atoms with Crippen molar-refractivity contribution in [1.82, 2.24) is 0 Å². The Kier molecular flexibility index (Phi) is 7.24. The first-order valence-electron chi connectivity index (χ1n) is 19.0. The fraction of sp³-hybridized carbons (Fsp3) is 0.388. The summed E-state index contributed by atoms with van der Waals surface area (Å²) in [4.78, 5) is 2.56. The first-order chi connectivity index (χ1) is 23.5. The summed E-state index contributed by atoms with van der Waals surface area (Å²) in [6.45, 7) is 24.3. The lowest BCUT2D eigenvalue weighted by Crippen LogP contribution is -2.34. The van der Waals surface area contributed by atoms with Crippen molar-refractivity contribution in [2.75, 3.05) is 4.90 Å². The fourth-order valence-electron chi connectivity index (χ4n) is 9.63. The van der Waals surface area contributed by atoms with E-state index in [4.69, 9.17) is 0 Å². The zero-order valence-corrected chi connectivity index (χ0v) is 32.1. The third-order valence-electron chi connectivity index (χ3n) is 13.2. The van der Waals surface area contributed by atoms with Crippen LogP contribution in [0.4, 0.5) is 17.1 Å². The third-order valence-corrected chi connectivity index (χ3v) is 13.2. The Morgan fingerprint density at radius 1 is 0.380 bits per heavy atom. The van der Waals surface area contributed by atoms with Gasteiger partial charge in [0.1, 0.15) is 0 Å². The van der Waals surface area contributed by atoms with E-state index in [0.29, 0.717) is 0 Å². The summed E-state index contributed by atoms with van der Waals surface area (Å²) in [6, 6.07) is 40.0. The highest BCUT2D eigenvalue weighted by molar-refractivity contribution is 5.95. The van der Waals surface area contributed by atoms with Crippen LogP contribution in [0.25, 0.3) is 22.3 Å². The maximum Gasteiger partial charge on any atom is 0.0543 e. The van der Waals surface area contributed by atoms with Gasteiger partial charge in [0.2, 0.25) is 0 Å². The Morgan fingerprint density at radius 2 is 0.920 bits per heavy atom. The van der Waals surface area contributed by atoms with Crippen molar-refractivity contribution in [3.8, 4) is 22.3 Å². The molecule has 0 saturated carbocycles. The molecule has 0 aliphatic heterocycles. The third kappa shape index (κ3) is 5.02. The van der Waals surface area contributed by atoms with E-state index in [0.717, 1.165) is 0 Å². The molecule has 50 heavy (non-hydrogen) atoms. The number of para-hydroxylation sites is 1. The molecule has 5 aromatic carbocycles. The topological polar surface area (TPSA) is 3.24 Å². The summed E-state index contributed by atoms with van der Waals surface area (Å²) in [5.41, 5.74) is 18.3. The molecule has 0 atom stereocenters. The van der Waals surface area contributed by atoms with Crippen LogP contribution in [0.3, 0.4) is 0 Å². The second-order valence-corrected chi connectivity index (χ2v) is 18.8. The summed E-state index contributed by atoms with van der Waals surface area (Å²) < 4.78 is 0. The van der Waals surface area contributed by atoms with E-state index in [1.807, 2.05) is 0 Å². The molecule has 0 heterocycles. The van der Waals surface area contributed by atoms with Crippen molar-refractivity contribution < 1.29 is 0 Å². The van der Waals surface area contributed by atoms with Gasteiger partial charge < -0.3 is 4.90 Å². The molecule has 5 aromatic rings. The van der Waals surface area contributed by atoms with Crippen LogP contribution in [0.2, 0.25) is 0 Å². The van der Waals surface area contributed by atoms with Gasteiger partial charge in [0.25, 0.3) is 0 Å². The molecule has 0 radical (unpaired) electrons. The smallest absolute Gasteiger partial charge is 0.0543 e. The quantitative estimate of drug-likeness (QED) is 0.186. The van der Waals surface area contributed by atoms with E-state index < -0.39 is 0 Å². The van der Waals surface area contributed by atoms with Crippen molar-refractivity contribution in [2.24, 2.45) is 0 Å². The molecule has 0 spiro atoms. The molecule has 0 amide bonds. The van der Waals surface area contributed by atoms with Crippen LogP contribution >= 0.6 is 0 Å². The van der Waals surface area contributed by atoms with Gasteiger partial charge in [-0.1, -0.05) is 136 Å². The summed E-state index contributed by atoms with van der Waals surface area (Å²) in [6.07, 6.45) is 4.83. The molecule has 1 nitrogen and oxygen atoms in total. The number of nitrogens with zero attached hydrogens (tertiary/aromatic N) is 1. The standard InChI is InChI=1S/C49H55N/c1-45(2)24-26-47(5,6)42-28-32(20-22-39(42)45)36-30-37-35-18-14-15-19-38(35)49(9,10)41(37)31-44(36)50(33-16-12-11-13-17-33)34-21-23-40-43(29-34)48(7,8)27-25-46(40,3)4/h11-23,28-31H,24-27H2,1-10H3. The van der Waals surface area contributed by atoms with Crippen molar-refractivity contribution in [3.63, 3.8) is 0 Å².